The number of pyridine rings is 6. The number of fused-ring (bicyclic) bond motifs is 9. The van der Waals surface area contributed by atoms with Gasteiger partial charge in [-0.15, -0.1) is 20.5 Å². The number of benzene rings is 3. The van der Waals surface area contributed by atoms with E-state index in [2.05, 4.69) is 108 Å². The smallest absolute Gasteiger partial charge is 0.412 e. The molecule has 0 amide bonds. The minimum absolute atomic E-state index is 0. The molecule has 0 saturated heterocycles. The van der Waals surface area contributed by atoms with E-state index in [1.807, 2.05) is 73.6 Å². The van der Waals surface area contributed by atoms with Gasteiger partial charge >= 0.3 is 16.8 Å². The van der Waals surface area contributed by atoms with Crippen molar-refractivity contribution in [1.82, 2.24) is 29.9 Å². The molecule has 60 heavy (non-hydrogen) atoms. The zero-order chi connectivity index (χ0) is 42.4. The van der Waals surface area contributed by atoms with Crippen LogP contribution in [0.5, 0.6) is 0 Å². The van der Waals surface area contributed by atoms with E-state index in [0.717, 1.165) is 33.1 Å². The number of aryl methyl sites for hydroxylation is 6. The van der Waals surface area contributed by atoms with Crippen molar-refractivity contribution in [2.75, 3.05) is 0 Å². The molecule has 0 aliphatic heterocycles. The Balaban J connectivity index is 0.000000213. The topological polar surface area (TPSA) is 293 Å². The monoisotopic (exact) mass is 899 g/mol. The average molecular weight is 901 g/mol. The van der Waals surface area contributed by atoms with Gasteiger partial charge in [-0.1, -0.05) is 36.4 Å². The number of halogens is 2. The van der Waals surface area contributed by atoms with Crippen molar-refractivity contribution in [2.24, 2.45) is 0 Å². The molecule has 3 aromatic carbocycles. The van der Waals surface area contributed by atoms with Gasteiger partial charge in [-0.05, 0) is 111 Å². The molecule has 0 saturated carbocycles. The molecular weight excluding hydrogens is 862 g/mol. The molecule has 0 aliphatic carbocycles. The summed E-state index contributed by atoms with van der Waals surface area (Å²) in [5.74, 6) is 0. The van der Waals surface area contributed by atoms with Crippen LogP contribution in [0.3, 0.4) is 0 Å². The first-order valence-corrected chi connectivity index (χ1v) is 19.8. The van der Waals surface area contributed by atoms with Crippen molar-refractivity contribution >= 4 is 65.4 Å². The third-order valence-electron chi connectivity index (χ3n) is 9.63. The molecule has 1 radical (unpaired) electrons. The molecular formula is C42H38Cl2CoN6O9. The predicted molar refractivity (Wildman–Crippen MR) is 203 cm³/mol. The van der Waals surface area contributed by atoms with Gasteiger partial charge in [-0.2, -0.15) is 0 Å². The Hall–Kier alpha value is -5.15. The van der Waals surface area contributed by atoms with Crippen molar-refractivity contribution in [3.63, 3.8) is 0 Å². The summed E-state index contributed by atoms with van der Waals surface area (Å²) in [5.41, 5.74) is 13.8. The quantitative estimate of drug-likeness (QED) is 0.179. The molecule has 0 fully saturated rings. The number of rotatable bonds is 0. The van der Waals surface area contributed by atoms with Crippen LogP contribution in [0.25, 0.3) is 65.4 Å². The Morgan fingerprint density at radius 3 is 0.533 bits per heavy atom. The van der Waals surface area contributed by atoms with Gasteiger partial charge in [0, 0.05) is 69.5 Å². The van der Waals surface area contributed by atoms with E-state index in [4.69, 9.17) is 37.3 Å². The molecule has 0 aliphatic rings. The van der Waals surface area contributed by atoms with Crippen molar-refractivity contribution in [1.29, 1.82) is 0 Å². The van der Waals surface area contributed by atoms with Gasteiger partial charge in [0.15, 0.2) is 0 Å². The fourth-order valence-corrected chi connectivity index (χ4v) is 6.59. The zero-order valence-corrected chi connectivity index (χ0v) is 35.5. The number of aromatic nitrogens is 6. The first kappa shape index (κ1) is 49.2. The van der Waals surface area contributed by atoms with Crippen LogP contribution in [0, 0.1) is 62.0 Å². The van der Waals surface area contributed by atoms with E-state index >= 15 is 0 Å². The van der Waals surface area contributed by atoms with E-state index in [9.17, 15) is 0 Å². The third kappa shape index (κ3) is 12.0. The van der Waals surface area contributed by atoms with Crippen LogP contribution in [0.15, 0.2) is 110 Å². The minimum Gasteiger partial charge on any atom is -0.412 e. The second kappa shape index (κ2) is 20.9. The van der Waals surface area contributed by atoms with Gasteiger partial charge in [0.2, 0.25) is 0 Å². The van der Waals surface area contributed by atoms with Crippen molar-refractivity contribution in [3.8, 4) is 0 Å². The zero-order valence-electron chi connectivity index (χ0n) is 32.9. The van der Waals surface area contributed by atoms with Gasteiger partial charge < -0.3 is 5.48 Å². The van der Waals surface area contributed by atoms with Crippen LogP contribution in [0.1, 0.15) is 33.4 Å². The molecule has 0 bridgehead atoms. The van der Waals surface area contributed by atoms with E-state index < -0.39 is 20.5 Å². The van der Waals surface area contributed by atoms with E-state index in [1.165, 1.54) is 65.7 Å². The van der Waals surface area contributed by atoms with Crippen molar-refractivity contribution < 1.29 is 80.0 Å². The summed E-state index contributed by atoms with van der Waals surface area (Å²) in [5, 5.41) is 7.20. The third-order valence-corrected chi connectivity index (χ3v) is 9.63. The molecule has 313 valence electrons. The van der Waals surface area contributed by atoms with Crippen LogP contribution in [-0.2, 0) is 16.8 Å². The summed E-state index contributed by atoms with van der Waals surface area (Å²) in [4.78, 5) is 26.7. The van der Waals surface area contributed by atoms with Crippen LogP contribution in [0.4, 0.5) is 0 Å². The van der Waals surface area contributed by atoms with Crippen LogP contribution in [-0.4, -0.2) is 35.4 Å². The van der Waals surface area contributed by atoms with Crippen LogP contribution >= 0.6 is 0 Å². The minimum atomic E-state index is -4.94. The molecule has 6 aromatic heterocycles. The molecule has 9 rings (SSSR count). The Bertz CT molecular complexity index is 2400. The molecule has 0 atom stereocenters. The molecule has 9 aromatic rings. The summed E-state index contributed by atoms with van der Waals surface area (Å²) >= 11 is 0. The molecule has 0 spiro atoms. The van der Waals surface area contributed by atoms with Crippen LogP contribution in [0.2, 0.25) is 0 Å². The van der Waals surface area contributed by atoms with Gasteiger partial charge in [0.05, 0.1) is 33.1 Å². The van der Waals surface area contributed by atoms with E-state index in [1.54, 1.807) is 0 Å². The fraction of sp³-hybridized carbons (Fsp3) is 0.143. The second-order valence-electron chi connectivity index (χ2n) is 12.9. The Morgan fingerprint density at radius 2 is 0.417 bits per heavy atom. The molecule has 2 N–H and O–H groups in total. The summed E-state index contributed by atoms with van der Waals surface area (Å²) < 4.78 is 67.9. The predicted octanol–water partition coefficient (Wildman–Crippen LogP) is -0.140. The normalized spacial score (nSPS) is 10.9. The van der Waals surface area contributed by atoms with Crippen molar-refractivity contribution in [3.05, 3.63) is 143 Å². The maximum Gasteiger partial charge on any atom is 2.00 e. The molecule has 15 nitrogen and oxygen atoms in total. The Labute approximate surface area is 358 Å². The van der Waals surface area contributed by atoms with Gasteiger partial charge in [-0.3, -0.25) is 29.9 Å². The maximum atomic E-state index is 8.49. The Morgan fingerprint density at radius 1 is 0.300 bits per heavy atom. The van der Waals surface area contributed by atoms with Crippen LogP contribution < -0.4 is 37.3 Å². The number of hydrogen-bond acceptors (Lipinski definition) is 14. The maximum absolute atomic E-state index is 8.49. The SMILES string of the molecule is Cc1c(C)c2cccnc2c2ncccc12.Cc1c(C)c2cccnc2c2ncccc12.Cc1c(C)c2cccnc2c2ncccc12.O.[Co+2].[O-][Cl+3]([O-])([O-])[O-].[O-][Cl+3]([O-])([O-])[O-]. The van der Waals surface area contributed by atoms with Gasteiger partial charge in [-0.25, -0.2) is 37.3 Å². The second-order valence-corrected chi connectivity index (χ2v) is 14.4. The fourth-order valence-electron chi connectivity index (χ4n) is 6.59. The summed E-state index contributed by atoms with van der Waals surface area (Å²) in [6.45, 7) is 12.9. The molecule has 18 heteroatoms. The standard InChI is InChI=1S/3C14H12N2.2ClHO4.Co.H2O/c3*1-9-10(2)12-6-4-8-16-14(12)13-11(9)5-3-7-15-13;2*2-1(3,4)5;;/h3*3-8H,1-2H3;2*(H,2,3,4,5);;1H2/q;;;;;+2;/p-2. The first-order chi connectivity index (χ1) is 27.4. The van der Waals surface area contributed by atoms with Gasteiger partial charge in [0.25, 0.3) is 0 Å². The van der Waals surface area contributed by atoms with Gasteiger partial charge in [0.1, 0.15) is 0 Å². The largest absolute Gasteiger partial charge is 2.00 e. The Kier molecular flexibility index (Phi) is 17.1. The average Bonchev–Trinajstić information content (AvgIpc) is 3.20. The number of hydrogen-bond donors (Lipinski definition) is 0. The van der Waals surface area contributed by atoms with E-state index in [0.29, 0.717) is 0 Å². The summed E-state index contributed by atoms with van der Waals surface area (Å²) in [6.07, 6.45) is 10.9. The van der Waals surface area contributed by atoms with E-state index in [-0.39, 0.29) is 22.3 Å². The van der Waals surface area contributed by atoms with Crippen molar-refractivity contribution in [2.45, 2.75) is 41.5 Å². The summed E-state index contributed by atoms with van der Waals surface area (Å²) in [6, 6.07) is 24.5. The number of nitrogens with zero attached hydrogens (tertiary/aromatic N) is 6. The molecule has 6 heterocycles. The molecule has 0 unspecified atom stereocenters. The summed E-state index contributed by atoms with van der Waals surface area (Å²) in [7, 11) is -9.89. The first-order valence-electron chi connectivity index (χ1n) is 17.4.